The van der Waals surface area contributed by atoms with Crippen molar-refractivity contribution in [3.63, 3.8) is 0 Å². The maximum absolute atomic E-state index is 5.74. The Balaban J connectivity index is 2.42. The molecule has 2 nitrogen and oxygen atoms in total. The van der Waals surface area contributed by atoms with Gasteiger partial charge in [0.05, 0.1) is 5.60 Å². The van der Waals surface area contributed by atoms with Gasteiger partial charge in [0.15, 0.2) is 0 Å². The average Bonchev–Trinajstić information content (AvgIpc) is 2.07. The molecule has 0 aromatic rings. The molecule has 1 aliphatic heterocycles. The predicted molar refractivity (Wildman–Crippen MR) is 44.7 cm³/mol. The molecule has 1 aliphatic rings. The minimum absolute atomic E-state index is 0.146. The first kappa shape index (κ1) is 9.01. The molecule has 1 fully saturated rings. The van der Waals surface area contributed by atoms with E-state index in [2.05, 4.69) is 13.8 Å². The van der Waals surface area contributed by atoms with Gasteiger partial charge in [-0.3, -0.25) is 0 Å². The highest BCUT2D eigenvalue weighted by Crippen LogP contribution is 2.28. The number of ether oxygens (including phenoxy) is 2. The van der Waals surface area contributed by atoms with Crippen molar-refractivity contribution in [3.8, 4) is 0 Å². The second-order valence-corrected chi connectivity index (χ2v) is 3.08. The molecule has 0 amide bonds. The van der Waals surface area contributed by atoms with E-state index in [1.807, 2.05) is 0 Å². The Bertz CT molecular complexity index is 101. The van der Waals surface area contributed by atoms with Crippen LogP contribution in [0.5, 0.6) is 0 Å². The Labute approximate surface area is 68.9 Å². The van der Waals surface area contributed by atoms with Gasteiger partial charge in [-0.1, -0.05) is 6.92 Å². The first-order valence-electron chi connectivity index (χ1n) is 4.55. The third-order valence-corrected chi connectivity index (χ3v) is 2.50. The second-order valence-electron chi connectivity index (χ2n) is 3.08. The van der Waals surface area contributed by atoms with Gasteiger partial charge in [-0.2, -0.15) is 0 Å². The van der Waals surface area contributed by atoms with Crippen LogP contribution in [-0.4, -0.2) is 25.4 Å². The molecule has 0 aromatic carbocycles. The maximum atomic E-state index is 5.74. The summed E-state index contributed by atoms with van der Waals surface area (Å²) in [5.41, 5.74) is 0.146. The Morgan fingerprint density at radius 3 is 2.36 bits per heavy atom. The van der Waals surface area contributed by atoms with Gasteiger partial charge in [0.2, 0.25) is 0 Å². The molecular weight excluding hydrogens is 140 g/mol. The zero-order chi connectivity index (χ0) is 8.16. The SMILES string of the molecule is CCOC1(CC)CCOCC1. The van der Waals surface area contributed by atoms with Crippen LogP contribution < -0.4 is 0 Å². The van der Waals surface area contributed by atoms with Crippen LogP contribution >= 0.6 is 0 Å². The molecule has 0 aromatic heterocycles. The summed E-state index contributed by atoms with van der Waals surface area (Å²) in [4.78, 5) is 0. The fourth-order valence-corrected chi connectivity index (χ4v) is 1.65. The lowest BCUT2D eigenvalue weighted by atomic mass is 9.91. The van der Waals surface area contributed by atoms with Crippen LogP contribution in [0.3, 0.4) is 0 Å². The fourth-order valence-electron chi connectivity index (χ4n) is 1.65. The Morgan fingerprint density at radius 1 is 1.27 bits per heavy atom. The lowest BCUT2D eigenvalue weighted by Gasteiger charge is -2.35. The van der Waals surface area contributed by atoms with E-state index in [0.29, 0.717) is 0 Å². The van der Waals surface area contributed by atoms with Gasteiger partial charge in [0, 0.05) is 19.8 Å². The van der Waals surface area contributed by atoms with Gasteiger partial charge in [0.1, 0.15) is 0 Å². The molecule has 1 heterocycles. The first-order chi connectivity index (χ1) is 5.33. The standard InChI is InChI=1S/C9H18O2/c1-3-9(11-4-2)5-7-10-8-6-9/h3-8H2,1-2H3. The van der Waals surface area contributed by atoms with Crippen LogP contribution in [0.2, 0.25) is 0 Å². The Hall–Kier alpha value is -0.0800. The fraction of sp³-hybridized carbons (Fsp3) is 1.00. The van der Waals surface area contributed by atoms with Crippen LogP contribution in [-0.2, 0) is 9.47 Å². The summed E-state index contributed by atoms with van der Waals surface area (Å²) < 4.78 is 11.0. The first-order valence-corrected chi connectivity index (χ1v) is 4.55. The second kappa shape index (κ2) is 4.07. The van der Waals surface area contributed by atoms with Gasteiger partial charge in [-0.15, -0.1) is 0 Å². The summed E-state index contributed by atoms with van der Waals surface area (Å²) in [7, 11) is 0. The van der Waals surface area contributed by atoms with Crippen molar-refractivity contribution in [1.29, 1.82) is 0 Å². The normalized spacial score (nSPS) is 23.5. The van der Waals surface area contributed by atoms with Gasteiger partial charge < -0.3 is 9.47 Å². The summed E-state index contributed by atoms with van der Waals surface area (Å²) in [5, 5.41) is 0. The third-order valence-electron chi connectivity index (χ3n) is 2.50. The lowest BCUT2D eigenvalue weighted by Crippen LogP contribution is -2.38. The molecule has 0 aliphatic carbocycles. The molecule has 0 unspecified atom stereocenters. The van der Waals surface area contributed by atoms with E-state index in [-0.39, 0.29) is 5.60 Å². The summed E-state index contributed by atoms with van der Waals surface area (Å²) in [5.74, 6) is 0. The van der Waals surface area contributed by atoms with E-state index in [4.69, 9.17) is 9.47 Å². The van der Waals surface area contributed by atoms with Crippen molar-refractivity contribution < 1.29 is 9.47 Å². The lowest BCUT2D eigenvalue weighted by molar-refractivity contribution is -0.108. The molecule has 11 heavy (non-hydrogen) atoms. The largest absolute Gasteiger partial charge is 0.381 e. The quantitative estimate of drug-likeness (QED) is 0.625. The molecule has 0 bridgehead atoms. The minimum atomic E-state index is 0.146. The monoisotopic (exact) mass is 158 g/mol. The molecule has 66 valence electrons. The number of hydrogen-bond donors (Lipinski definition) is 0. The number of rotatable bonds is 3. The third kappa shape index (κ3) is 2.17. The van der Waals surface area contributed by atoms with Gasteiger partial charge >= 0.3 is 0 Å². The van der Waals surface area contributed by atoms with E-state index in [9.17, 15) is 0 Å². The van der Waals surface area contributed by atoms with E-state index in [0.717, 1.165) is 39.1 Å². The van der Waals surface area contributed by atoms with Crippen molar-refractivity contribution in [2.24, 2.45) is 0 Å². The van der Waals surface area contributed by atoms with Gasteiger partial charge in [0.25, 0.3) is 0 Å². The predicted octanol–water partition coefficient (Wildman–Crippen LogP) is 1.98. The van der Waals surface area contributed by atoms with Crippen LogP contribution in [0.25, 0.3) is 0 Å². The zero-order valence-corrected chi connectivity index (χ0v) is 7.56. The minimum Gasteiger partial charge on any atom is -0.381 e. The summed E-state index contributed by atoms with van der Waals surface area (Å²) >= 11 is 0. The highest BCUT2D eigenvalue weighted by atomic mass is 16.5. The molecule has 1 rings (SSSR count). The Kier molecular flexibility index (Phi) is 3.34. The van der Waals surface area contributed by atoms with E-state index in [1.54, 1.807) is 0 Å². The zero-order valence-electron chi connectivity index (χ0n) is 7.56. The molecule has 0 radical (unpaired) electrons. The van der Waals surface area contributed by atoms with Crippen LogP contribution in [0.4, 0.5) is 0 Å². The Morgan fingerprint density at radius 2 is 1.91 bits per heavy atom. The molecule has 0 saturated carbocycles. The molecule has 0 N–H and O–H groups in total. The van der Waals surface area contributed by atoms with Crippen molar-refractivity contribution in [2.45, 2.75) is 38.7 Å². The highest BCUT2D eigenvalue weighted by Gasteiger charge is 2.30. The van der Waals surface area contributed by atoms with Gasteiger partial charge in [-0.05, 0) is 26.2 Å². The average molecular weight is 158 g/mol. The summed E-state index contributed by atoms with van der Waals surface area (Å²) in [6.45, 7) is 6.82. The van der Waals surface area contributed by atoms with Gasteiger partial charge in [-0.25, -0.2) is 0 Å². The number of hydrogen-bond acceptors (Lipinski definition) is 2. The smallest absolute Gasteiger partial charge is 0.0723 e. The topological polar surface area (TPSA) is 18.5 Å². The van der Waals surface area contributed by atoms with Crippen LogP contribution in [0.15, 0.2) is 0 Å². The molecule has 1 saturated heterocycles. The van der Waals surface area contributed by atoms with E-state index < -0.39 is 0 Å². The van der Waals surface area contributed by atoms with Crippen LogP contribution in [0, 0.1) is 0 Å². The van der Waals surface area contributed by atoms with Crippen molar-refractivity contribution in [1.82, 2.24) is 0 Å². The van der Waals surface area contributed by atoms with E-state index >= 15 is 0 Å². The molecule has 0 spiro atoms. The van der Waals surface area contributed by atoms with Crippen molar-refractivity contribution in [2.75, 3.05) is 19.8 Å². The molecular formula is C9H18O2. The van der Waals surface area contributed by atoms with Crippen LogP contribution in [0.1, 0.15) is 33.1 Å². The van der Waals surface area contributed by atoms with Crippen molar-refractivity contribution >= 4 is 0 Å². The molecule has 0 atom stereocenters. The molecule has 2 heteroatoms. The van der Waals surface area contributed by atoms with E-state index in [1.165, 1.54) is 0 Å². The maximum Gasteiger partial charge on any atom is 0.0723 e. The highest BCUT2D eigenvalue weighted by molar-refractivity contribution is 4.81. The summed E-state index contributed by atoms with van der Waals surface area (Å²) in [6, 6.07) is 0. The summed E-state index contributed by atoms with van der Waals surface area (Å²) in [6.07, 6.45) is 3.25. The van der Waals surface area contributed by atoms with Crippen molar-refractivity contribution in [3.05, 3.63) is 0 Å².